The van der Waals surface area contributed by atoms with E-state index >= 15 is 0 Å². The molecule has 4 saturated heterocycles. The van der Waals surface area contributed by atoms with Crippen molar-refractivity contribution in [3.8, 4) is 22.6 Å². The Morgan fingerprint density at radius 3 is 1.68 bits per heavy atom. The Kier molecular flexibility index (Phi) is 20.7. The summed E-state index contributed by atoms with van der Waals surface area (Å²) in [4.78, 5) is 116. The second-order valence-electron chi connectivity index (χ2n) is 22.7. The van der Waals surface area contributed by atoms with Crippen molar-refractivity contribution in [2.75, 3.05) is 80.4 Å². The van der Waals surface area contributed by atoms with Gasteiger partial charge in [-0.2, -0.15) is 0 Å². The van der Waals surface area contributed by atoms with Crippen molar-refractivity contribution in [3.63, 3.8) is 0 Å². The summed E-state index contributed by atoms with van der Waals surface area (Å²) in [7, 11) is 4.92. The van der Waals surface area contributed by atoms with Crippen molar-refractivity contribution in [3.05, 3.63) is 119 Å². The summed E-state index contributed by atoms with van der Waals surface area (Å²) in [5, 5.41) is 27.6. The monoisotopic (exact) mass is 1160 g/mol. The molecule has 7 N–H and O–H groups in total. The molecule has 22 nitrogen and oxygen atoms in total. The molecule has 9 atom stereocenters. The van der Waals surface area contributed by atoms with Gasteiger partial charge in [0.05, 0.1) is 71.3 Å². The molecule has 22 heteroatoms. The van der Waals surface area contributed by atoms with Crippen molar-refractivity contribution >= 4 is 47.0 Å². The number of hydrogen-bond acceptors (Lipinski definition) is 16. The van der Waals surface area contributed by atoms with Crippen LogP contribution in [0, 0.1) is 5.92 Å². The number of nitrogens with zero attached hydrogens (tertiary/aromatic N) is 2. The normalized spacial score (nSPS) is 21.0. The van der Waals surface area contributed by atoms with E-state index in [-0.39, 0.29) is 63.1 Å². The number of carbonyl (C=O) groups excluding carboxylic acids is 8. The van der Waals surface area contributed by atoms with E-state index in [1.807, 2.05) is 65.4 Å². The predicted octanol–water partition coefficient (Wildman–Crippen LogP) is 0.861. The minimum absolute atomic E-state index is 0.0239. The fraction of sp³-hybridized carbons (Fsp3) is 0.484. The largest absolute Gasteiger partial charge is 0.497 e. The molecular formula is C62H78N8O14. The minimum atomic E-state index is -1.43. The first-order valence-electron chi connectivity index (χ1n) is 28.4. The third-order valence-corrected chi connectivity index (χ3v) is 15.7. The van der Waals surface area contributed by atoms with Crippen LogP contribution >= 0.6 is 0 Å². The zero-order chi connectivity index (χ0) is 60.3. The lowest BCUT2D eigenvalue weighted by molar-refractivity contribution is -0.136. The highest BCUT2D eigenvalue weighted by Crippen LogP contribution is 2.34. The average molecular weight is 1160 g/mol. The number of aliphatic hydroxyl groups is 1. The smallest absolute Gasteiger partial charge is 0.245 e. The molecule has 4 heterocycles. The summed E-state index contributed by atoms with van der Waals surface area (Å²) in [5.41, 5.74) is 1.59. The van der Waals surface area contributed by atoms with Crippen LogP contribution in [0.2, 0.25) is 0 Å². The fourth-order valence-electron chi connectivity index (χ4n) is 10.3. The summed E-state index contributed by atoms with van der Waals surface area (Å²) < 4.78 is 27.7. The maximum Gasteiger partial charge on any atom is 0.245 e. The zero-order valence-electron chi connectivity index (χ0n) is 48.7. The maximum atomic E-state index is 14.7. The number of methoxy groups -OCH3 is 2. The highest BCUT2D eigenvalue weighted by molar-refractivity contribution is 6.00. The number of likely N-dealkylation sites (tertiary alicyclic amines) is 1. The summed E-state index contributed by atoms with van der Waals surface area (Å²) in [6.45, 7) is 9.55. The van der Waals surface area contributed by atoms with Crippen molar-refractivity contribution in [1.82, 2.24) is 41.7 Å². The topological polar surface area (TPSA) is 288 Å². The molecule has 4 aliphatic heterocycles. The average Bonchev–Trinajstić information content (AvgIpc) is 3.98. The van der Waals surface area contributed by atoms with Crippen LogP contribution in [0.4, 0.5) is 0 Å². The summed E-state index contributed by atoms with van der Waals surface area (Å²) in [6, 6.07) is 21.5. The molecule has 0 aliphatic carbocycles. The van der Waals surface area contributed by atoms with Crippen molar-refractivity contribution in [2.24, 2.45) is 5.92 Å². The van der Waals surface area contributed by atoms with Gasteiger partial charge in [-0.15, -0.1) is 0 Å². The van der Waals surface area contributed by atoms with Gasteiger partial charge in [0, 0.05) is 44.6 Å². The number of epoxide rings is 2. The number of amides is 6. The van der Waals surface area contributed by atoms with Crippen LogP contribution in [-0.4, -0.2) is 196 Å². The van der Waals surface area contributed by atoms with Gasteiger partial charge in [-0.05, 0) is 99.7 Å². The SMILES string of the molecule is COc1ccc(CC(NC(=O)C(NC(=O)CN2CCOCC2)C(C)O)C(=O)NC(Cc2cccc(-c3cc(CC(NC(=O)C(C)NC(=O)C4CN(C)C4)C(=O)NC(Cc4ccccc4)C(=O)C4(C)CO4)ccc3OC)c2)C(=O)C2(C)CO2)cc1. The van der Waals surface area contributed by atoms with E-state index in [0.717, 1.165) is 5.56 Å². The van der Waals surface area contributed by atoms with Crippen LogP contribution in [0.1, 0.15) is 49.9 Å². The van der Waals surface area contributed by atoms with E-state index in [9.17, 15) is 43.5 Å². The van der Waals surface area contributed by atoms with Gasteiger partial charge < -0.3 is 65.6 Å². The van der Waals surface area contributed by atoms with E-state index in [1.54, 1.807) is 69.3 Å². The molecule has 0 saturated carbocycles. The Balaban J connectivity index is 1.04. The van der Waals surface area contributed by atoms with Gasteiger partial charge in [0.25, 0.3) is 0 Å². The van der Waals surface area contributed by atoms with Gasteiger partial charge in [-0.25, -0.2) is 0 Å². The number of morpholine rings is 1. The molecule has 4 aromatic rings. The molecule has 8 rings (SSSR count). The van der Waals surface area contributed by atoms with E-state index in [4.69, 9.17) is 23.7 Å². The van der Waals surface area contributed by atoms with Crippen molar-refractivity contribution in [2.45, 2.75) is 107 Å². The van der Waals surface area contributed by atoms with Gasteiger partial charge in [-0.1, -0.05) is 72.8 Å². The summed E-state index contributed by atoms with van der Waals surface area (Å²) >= 11 is 0. The van der Waals surface area contributed by atoms with Gasteiger partial charge in [0.1, 0.15) is 46.9 Å². The van der Waals surface area contributed by atoms with Gasteiger partial charge in [0.2, 0.25) is 35.4 Å². The van der Waals surface area contributed by atoms with Crippen molar-refractivity contribution < 1.29 is 67.1 Å². The van der Waals surface area contributed by atoms with E-state index in [1.165, 1.54) is 21.1 Å². The van der Waals surface area contributed by atoms with Crippen molar-refractivity contribution in [1.29, 1.82) is 0 Å². The number of rotatable bonds is 29. The lowest BCUT2D eigenvalue weighted by Gasteiger charge is -2.35. The summed E-state index contributed by atoms with van der Waals surface area (Å²) in [6.07, 6.45) is -1.31. The maximum absolute atomic E-state index is 14.7. The third-order valence-electron chi connectivity index (χ3n) is 15.7. The molecular weight excluding hydrogens is 1080 g/mol. The highest BCUT2D eigenvalue weighted by Gasteiger charge is 2.51. The predicted molar refractivity (Wildman–Crippen MR) is 309 cm³/mol. The van der Waals surface area contributed by atoms with E-state index in [2.05, 4.69) is 31.9 Å². The highest BCUT2D eigenvalue weighted by atomic mass is 16.6. The fourth-order valence-corrected chi connectivity index (χ4v) is 10.3. The molecule has 6 amide bonds. The number of hydrogen-bond donors (Lipinski definition) is 7. The lowest BCUT2D eigenvalue weighted by Crippen LogP contribution is -2.60. The molecule has 4 fully saturated rings. The first-order valence-corrected chi connectivity index (χ1v) is 28.4. The standard InChI is InChI=1S/C62H78N8O14/c1-37(63-57(76)44-32-69(5)33-44)56(75)66-50(59(78)64-47(54(73)61(3)35-83-61)28-39-12-9-8-10-13-39)31-42-18-21-51(81-7)46(27-42)43-15-11-14-41(26-43)30-48(55(74)62(4)36-84-62)65-58(77)49(29-40-16-19-45(80-6)20-17-40)67-60(79)53(38(2)71)68-52(72)34-70-22-24-82-25-23-70/h8-21,26-27,37-38,44,47-50,53,71H,22-25,28-36H2,1-7H3,(H,63,76)(H,64,78)(H,65,77)(H,66,75)(H,67,79)(H,68,72). The molecule has 4 aromatic carbocycles. The minimum Gasteiger partial charge on any atom is -0.497 e. The van der Waals surface area contributed by atoms with Crippen LogP contribution in [0.5, 0.6) is 11.5 Å². The molecule has 0 spiro atoms. The molecule has 0 bridgehead atoms. The van der Waals surface area contributed by atoms with E-state index in [0.29, 0.717) is 78.7 Å². The Hall–Kier alpha value is -7.60. The van der Waals surface area contributed by atoms with Crippen LogP contribution in [-0.2, 0) is 78.3 Å². The number of benzene rings is 4. The van der Waals surface area contributed by atoms with Gasteiger partial charge in [0.15, 0.2) is 11.6 Å². The second-order valence-corrected chi connectivity index (χ2v) is 22.7. The summed E-state index contributed by atoms with van der Waals surface area (Å²) in [5.74, 6) is -3.52. The number of nitrogens with one attached hydrogen (secondary N) is 6. The molecule has 0 aromatic heterocycles. The zero-order valence-corrected chi connectivity index (χ0v) is 48.7. The van der Waals surface area contributed by atoms with Crippen LogP contribution in [0.15, 0.2) is 97.1 Å². The number of carbonyl (C=O) groups is 8. The molecule has 450 valence electrons. The van der Waals surface area contributed by atoms with Crippen LogP contribution < -0.4 is 41.4 Å². The number of aliphatic hydroxyl groups excluding tert-OH is 1. The Morgan fingerprint density at radius 1 is 0.607 bits per heavy atom. The van der Waals surface area contributed by atoms with E-state index < -0.39 is 88.9 Å². The molecule has 9 unspecified atom stereocenters. The quantitative estimate of drug-likeness (QED) is 0.0371. The third kappa shape index (κ3) is 16.6. The Bertz CT molecular complexity index is 3010. The molecule has 84 heavy (non-hydrogen) atoms. The van der Waals surface area contributed by atoms with Crippen LogP contribution in [0.25, 0.3) is 11.1 Å². The Labute approximate surface area is 489 Å². The number of ketones is 2. The number of Topliss-reactive ketones (excluding diaryl/α,β-unsaturated/α-hetero) is 2. The van der Waals surface area contributed by atoms with Gasteiger partial charge >= 0.3 is 0 Å². The second kappa shape index (κ2) is 27.9. The van der Waals surface area contributed by atoms with Gasteiger partial charge in [-0.3, -0.25) is 43.3 Å². The first kappa shape index (κ1) is 62.4. The van der Waals surface area contributed by atoms with Crippen LogP contribution in [0.3, 0.4) is 0 Å². The first-order chi connectivity index (χ1) is 40.1. The Morgan fingerprint density at radius 2 is 1.12 bits per heavy atom. The lowest BCUT2D eigenvalue weighted by atomic mass is 9.92. The molecule has 4 aliphatic rings. The molecule has 0 radical (unpaired) electrons. The number of ether oxygens (including phenoxy) is 5.